The molecular formula is C14H12ClF3N2O. The topological polar surface area (TPSA) is 38.1 Å². The van der Waals surface area contributed by atoms with Gasteiger partial charge < -0.3 is 5.11 Å². The monoisotopic (exact) mass is 316 g/mol. The quantitative estimate of drug-likeness (QED) is 0.930. The minimum atomic E-state index is -4.55. The third-order valence-corrected chi connectivity index (χ3v) is 3.72. The lowest BCUT2D eigenvalue weighted by Crippen LogP contribution is -2.17. The van der Waals surface area contributed by atoms with Crippen molar-refractivity contribution < 1.29 is 18.3 Å². The summed E-state index contributed by atoms with van der Waals surface area (Å²) in [6, 6.07) is 5.84. The van der Waals surface area contributed by atoms with Crippen LogP contribution in [-0.4, -0.2) is 14.9 Å². The van der Waals surface area contributed by atoms with Gasteiger partial charge >= 0.3 is 6.18 Å². The molecule has 3 nitrogen and oxygen atoms in total. The standard InChI is InChI=1S/C14H12ClF3N2O/c15-9-3-1-8(2-4-9)12(21)11-7-19-20(10-5-6-10)13(11)14(16,17)18/h1-4,7,10,12,21H,5-6H2. The Labute approximate surface area is 124 Å². The molecule has 1 aromatic carbocycles. The number of rotatable bonds is 3. The number of hydrogen-bond acceptors (Lipinski definition) is 2. The molecule has 1 atom stereocenters. The Bertz CT molecular complexity index is 647. The first-order chi connectivity index (χ1) is 9.88. The summed E-state index contributed by atoms with van der Waals surface area (Å²) in [7, 11) is 0. The van der Waals surface area contributed by atoms with Crippen LogP contribution in [-0.2, 0) is 6.18 Å². The summed E-state index contributed by atoms with van der Waals surface area (Å²) in [5.41, 5.74) is -0.746. The molecule has 0 bridgehead atoms. The highest BCUT2D eigenvalue weighted by atomic mass is 35.5. The summed E-state index contributed by atoms with van der Waals surface area (Å²) in [4.78, 5) is 0. The van der Waals surface area contributed by atoms with Crippen LogP contribution in [0.2, 0.25) is 5.02 Å². The van der Waals surface area contributed by atoms with Crippen molar-refractivity contribution in [2.45, 2.75) is 31.2 Å². The Balaban J connectivity index is 2.03. The van der Waals surface area contributed by atoms with Gasteiger partial charge in [0.15, 0.2) is 0 Å². The van der Waals surface area contributed by atoms with Gasteiger partial charge in [0.05, 0.1) is 12.2 Å². The predicted molar refractivity (Wildman–Crippen MR) is 71.0 cm³/mol. The molecule has 2 aromatic rings. The first-order valence-electron chi connectivity index (χ1n) is 6.46. The second-order valence-electron chi connectivity index (χ2n) is 5.08. The summed E-state index contributed by atoms with van der Waals surface area (Å²) in [6.07, 6.45) is -3.48. The van der Waals surface area contributed by atoms with Crippen molar-refractivity contribution in [3.05, 3.63) is 52.3 Å². The van der Waals surface area contributed by atoms with E-state index in [2.05, 4.69) is 5.10 Å². The van der Waals surface area contributed by atoms with E-state index in [1.807, 2.05) is 0 Å². The molecule has 1 unspecified atom stereocenters. The fourth-order valence-corrected chi connectivity index (χ4v) is 2.42. The lowest BCUT2D eigenvalue weighted by molar-refractivity contribution is -0.145. The summed E-state index contributed by atoms with van der Waals surface area (Å²) in [5.74, 6) is 0. The zero-order valence-corrected chi connectivity index (χ0v) is 11.6. The SMILES string of the molecule is OC(c1ccc(Cl)cc1)c1cnn(C2CC2)c1C(F)(F)F. The molecule has 0 amide bonds. The predicted octanol–water partition coefficient (Wildman–Crippen LogP) is 3.97. The Morgan fingerprint density at radius 3 is 2.38 bits per heavy atom. The molecule has 1 saturated carbocycles. The van der Waals surface area contributed by atoms with Crippen LogP contribution in [0, 0.1) is 0 Å². The zero-order valence-electron chi connectivity index (χ0n) is 10.8. The van der Waals surface area contributed by atoms with Gasteiger partial charge in [0.2, 0.25) is 0 Å². The highest BCUT2D eigenvalue weighted by Gasteiger charge is 2.43. The van der Waals surface area contributed by atoms with Gasteiger partial charge in [-0.05, 0) is 30.5 Å². The van der Waals surface area contributed by atoms with Gasteiger partial charge in [-0.15, -0.1) is 0 Å². The first-order valence-corrected chi connectivity index (χ1v) is 6.84. The van der Waals surface area contributed by atoms with Crippen LogP contribution >= 0.6 is 11.6 Å². The average molecular weight is 317 g/mol. The summed E-state index contributed by atoms with van der Waals surface area (Å²) >= 11 is 5.74. The molecule has 1 aromatic heterocycles. The van der Waals surface area contributed by atoms with Crippen LogP contribution in [0.1, 0.15) is 41.8 Å². The maximum absolute atomic E-state index is 13.3. The maximum atomic E-state index is 13.3. The van der Waals surface area contributed by atoms with E-state index in [9.17, 15) is 18.3 Å². The van der Waals surface area contributed by atoms with E-state index in [4.69, 9.17) is 11.6 Å². The lowest BCUT2D eigenvalue weighted by Gasteiger charge is -2.16. The Kier molecular flexibility index (Phi) is 3.45. The summed E-state index contributed by atoms with van der Waals surface area (Å²) in [6.45, 7) is 0. The zero-order chi connectivity index (χ0) is 15.2. The number of alkyl halides is 3. The molecule has 7 heteroatoms. The van der Waals surface area contributed by atoms with Crippen LogP contribution in [0.3, 0.4) is 0 Å². The van der Waals surface area contributed by atoms with Crippen LogP contribution in [0.4, 0.5) is 13.2 Å². The number of aliphatic hydroxyl groups excluding tert-OH is 1. The molecule has 1 aliphatic carbocycles. The number of nitrogens with zero attached hydrogens (tertiary/aromatic N) is 2. The second kappa shape index (κ2) is 5.03. The van der Waals surface area contributed by atoms with E-state index in [-0.39, 0.29) is 11.6 Å². The largest absolute Gasteiger partial charge is 0.433 e. The average Bonchev–Trinajstić information content (AvgIpc) is 3.16. The number of hydrogen-bond donors (Lipinski definition) is 1. The Morgan fingerprint density at radius 2 is 1.86 bits per heavy atom. The summed E-state index contributed by atoms with van der Waals surface area (Å²) in [5, 5.41) is 14.5. The molecule has 0 aliphatic heterocycles. The highest BCUT2D eigenvalue weighted by Crippen LogP contribution is 2.43. The lowest BCUT2D eigenvalue weighted by atomic mass is 10.0. The van der Waals surface area contributed by atoms with Gasteiger partial charge in [0.1, 0.15) is 11.8 Å². The van der Waals surface area contributed by atoms with Crippen molar-refractivity contribution in [1.82, 2.24) is 9.78 Å². The van der Waals surface area contributed by atoms with E-state index in [0.29, 0.717) is 23.4 Å². The van der Waals surface area contributed by atoms with E-state index in [0.717, 1.165) is 10.9 Å². The number of aromatic nitrogens is 2. The van der Waals surface area contributed by atoms with Crippen molar-refractivity contribution in [3.63, 3.8) is 0 Å². The minimum Gasteiger partial charge on any atom is -0.384 e. The minimum absolute atomic E-state index is 0.215. The number of aliphatic hydroxyl groups is 1. The maximum Gasteiger partial charge on any atom is 0.433 e. The molecule has 21 heavy (non-hydrogen) atoms. The van der Waals surface area contributed by atoms with E-state index < -0.39 is 18.0 Å². The van der Waals surface area contributed by atoms with Crippen molar-refractivity contribution in [1.29, 1.82) is 0 Å². The van der Waals surface area contributed by atoms with Crippen molar-refractivity contribution in [3.8, 4) is 0 Å². The Hall–Kier alpha value is -1.53. The fraction of sp³-hybridized carbons (Fsp3) is 0.357. The molecule has 1 aliphatic rings. The molecule has 112 valence electrons. The van der Waals surface area contributed by atoms with Crippen molar-refractivity contribution in [2.75, 3.05) is 0 Å². The first kappa shape index (κ1) is 14.4. The van der Waals surface area contributed by atoms with Gasteiger partial charge in [-0.25, -0.2) is 0 Å². The van der Waals surface area contributed by atoms with E-state index in [1.54, 1.807) is 0 Å². The Morgan fingerprint density at radius 1 is 1.24 bits per heavy atom. The van der Waals surface area contributed by atoms with Crippen molar-refractivity contribution in [2.24, 2.45) is 0 Å². The fourth-order valence-electron chi connectivity index (χ4n) is 2.29. The number of benzene rings is 1. The van der Waals surface area contributed by atoms with Gasteiger partial charge in [-0.3, -0.25) is 4.68 Å². The van der Waals surface area contributed by atoms with Gasteiger partial charge in [0, 0.05) is 10.6 Å². The normalized spacial score (nSPS) is 17.0. The smallest absolute Gasteiger partial charge is 0.384 e. The second-order valence-corrected chi connectivity index (χ2v) is 5.51. The number of halogens is 4. The molecule has 1 heterocycles. The molecule has 0 radical (unpaired) electrons. The molecule has 3 rings (SSSR count). The third-order valence-electron chi connectivity index (χ3n) is 3.47. The highest BCUT2D eigenvalue weighted by molar-refractivity contribution is 6.30. The molecule has 1 fully saturated rings. The van der Waals surface area contributed by atoms with Gasteiger partial charge in [-0.1, -0.05) is 23.7 Å². The van der Waals surface area contributed by atoms with E-state index >= 15 is 0 Å². The van der Waals surface area contributed by atoms with Crippen LogP contribution in [0.5, 0.6) is 0 Å². The molecule has 0 saturated heterocycles. The van der Waals surface area contributed by atoms with Gasteiger partial charge in [-0.2, -0.15) is 18.3 Å². The molecule has 0 spiro atoms. The van der Waals surface area contributed by atoms with Gasteiger partial charge in [0.25, 0.3) is 0 Å². The van der Waals surface area contributed by atoms with E-state index in [1.165, 1.54) is 24.3 Å². The summed E-state index contributed by atoms with van der Waals surface area (Å²) < 4.78 is 40.8. The van der Waals surface area contributed by atoms with Crippen LogP contribution in [0.15, 0.2) is 30.5 Å². The van der Waals surface area contributed by atoms with Crippen LogP contribution < -0.4 is 0 Å². The van der Waals surface area contributed by atoms with Crippen molar-refractivity contribution >= 4 is 11.6 Å². The third kappa shape index (κ3) is 2.78. The molecular weight excluding hydrogens is 305 g/mol. The van der Waals surface area contributed by atoms with Crippen LogP contribution in [0.25, 0.3) is 0 Å². The molecule has 1 N–H and O–H groups in total.